The van der Waals surface area contributed by atoms with Crippen LogP contribution in [-0.2, 0) is 10.0 Å². The summed E-state index contributed by atoms with van der Waals surface area (Å²) < 4.78 is 59.3. The maximum Gasteiger partial charge on any atom is 0.259 e. The van der Waals surface area contributed by atoms with E-state index in [0.29, 0.717) is 5.75 Å². The Labute approximate surface area is 156 Å². The molecule has 0 spiro atoms. The van der Waals surface area contributed by atoms with Crippen LogP contribution in [0.15, 0.2) is 47.4 Å². The summed E-state index contributed by atoms with van der Waals surface area (Å²) in [6, 6.07) is 9.20. The monoisotopic (exact) mass is 396 g/mol. The molecule has 0 aromatic heterocycles. The number of piperazine rings is 1. The van der Waals surface area contributed by atoms with Crippen LogP contribution in [0.3, 0.4) is 0 Å². The number of ether oxygens (including phenoxy) is 1. The lowest BCUT2D eigenvalue weighted by atomic mass is 10.1. The van der Waals surface area contributed by atoms with Crippen molar-refractivity contribution in [3.8, 4) is 5.75 Å². The summed E-state index contributed by atoms with van der Waals surface area (Å²) in [5.41, 5.74) is -0.621. The van der Waals surface area contributed by atoms with Gasteiger partial charge in [0.05, 0.1) is 12.0 Å². The maximum absolute atomic E-state index is 13.8. The molecule has 0 radical (unpaired) electrons. The standard InChI is InChI=1S/C18H18F2N2O4S/c1-26-13-5-7-14(8-6-13)27(24,25)22-11-9-21(10-12-22)18(23)17-15(19)3-2-4-16(17)20/h2-8H,9-12H2,1H3. The van der Waals surface area contributed by atoms with Gasteiger partial charge in [-0.05, 0) is 36.4 Å². The third-order valence-corrected chi connectivity index (χ3v) is 6.31. The molecule has 0 N–H and O–H groups in total. The summed E-state index contributed by atoms with van der Waals surface area (Å²) in [6.07, 6.45) is 0. The van der Waals surface area contributed by atoms with Gasteiger partial charge in [-0.1, -0.05) is 6.07 Å². The molecule has 1 amide bonds. The third-order valence-electron chi connectivity index (χ3n) is 4.40. The van der Waals surface area contributed by atoms with Crippen molar-refractivity contribution in [1.29, 1.82) is 0 Å². The first kappa shape index (κ1) is 19.2. The summed E-state index contributed by atoms with van der Waals surface area (Å²) in [4.78, 5) is 13.8. The van der Waals surface area contributed by atoms with Crippen molar-refractivity contribution in [3.63, 3.8) is 0 Å². The van der Waals surface area contributed by atoms with E-state index in [4.69, 9.17) is 4.74 Å². The molecule has 1 aliphatic heterocycles. The Morgan fingerprint density at radius 3 is 2.04 bits per heavy atom. The Hall–Kier alpha value is -2.52. The summed E-state index contributed by atoms with van der Waals surface area (Å²) >= 11 is 0. The second kappa shape index (κ2) is 7.61. The highest BCUT2D eigenvalue weighted by Gasteiger charge is 2.32. The summed E-state index contributed by atoms with van der Waals surface area (Å²) in [5.74, 6) is -2.12. The minimum atomic E-state index is -3.73. The van der Waals surface area contributed by atoms with Crippen LogP contribution in [0.2, 0.25) is 0 Å². The Bertz CT molecular complexity index is 920. The number of amides is 1. The SMILES string of the molecule is COc1ccc(S(=O)(=O)N2CCN(C(=O)c3c(F)cccc3F)CC2)cc1. The molecule has 144 valence electrons. The highest BCUT2D eigenvalue weighted by Crippen LogP contribution is 2.22. The number of methoxy groups -OCH3 is 1. The van der Waals surface area contributed by atoms with Gasteiger partial charge in [0, 0.05) is 26.2 Å². The van der Waals surface area contributed by atoms with Crippen LogP contribution in [0, 0.1) is 11.6 Å². The Morgan fingerprint density at radius 2 is 1.52 bits per heavy atom. The zero-order chi connectivity index (χ0) is 19.6. The van der Waals surface area contributed by atoms with Crippen LogP contribution in [0.25, 0.3) is 0 Å². The molecule has 1 fully saturated rings. The lowest BCUT2D eigenvalue weighted by Crippen LogP contribution is -2.50. The van der Waals surface area contributed by atoms with Crippen LogP contribution in [-0.4, -0.2) is 56.8 Å². The van der Waals surface area contributed by atoms with Crippen LogP contribution in [0.4, 0.5) is 8.78 Å². The molecule has 0 saturated carbocycles. The first-order valence-electron chi connectivity index (χ1n) is 8.22. The average Bonchev–Trinajstić information content (AvgIpc) is 2.68. The summed E-state index contributed by atoms with van der Waals surface area (Å²) in [5, 5.41) is 0. The molecule has 0 bridgehead atoms. The first-order valence-corrected chi connectivity index (χ1v) is 9.66. The zero-order valence-electron chi connectivity index (χ0n) is 14.6. The van der Waals surface area contributed by atoms with E-state index in [-0.39, 0.29) is 31.1 Å². The van der Waals surface area contributed by atoms with E-state index in [9.17, 15) is 22.0 Å². The van der Waals surface area contributed by atoms with E-state index in [1.807, 2.05) is 0 Å². The van der Waals surface area contributed by atoms with Gasteiger partial charge in [0.25, 0.3) is 5.91 Å². The highest BCUT2D eigenvalue weighted by molar-refractivity contribution is 7.89. The Morgan fingerprint density at radius 1 is 0.963 bits per heavy atom. The van der Waals surface area contributed by atoms with E-state index >= 15 is 0 Å². The highest BCUT2D eigenvalue weighted by atomic mass is 32.2. The first-order chi connectivity index (χ1) is 12.8. The van der Waals surface area contributed by atoms with Crippen LogP contribution >= 0.6 is 0 Å². The number of hydrogen-bond donors (Lipinski definition) is 0. The van der Waals surface area contributed by atoms with Crippen molar-refractivity contribution < 1.29 is 26.7 Å². The molecule has 0 atom stereocenters. The molecular weight excluding hydrogens is 378 g/mol. The fourth-order valence-corrected chi connectivity index (χ4v) is 4.31. The van der Waals surface area contributed by atoms with Gasteiger partial charge < -0.3 is 9.64 Å². The van der Waals surface area contributed by atoms with Crippen molar-refractivity contribution in [1.82, 2.24) is 9.21 Å². The lowest BCUT2D eigenvalue weighted by Gasteiger charge is -2.34. The molecule has 27 heavy (non-hydrogen) atoms. The molecule has 3 rings (SSSR count). The number of nitrogens with zero attached hydrogens (tertiary/aromatic N) is 2. The van der Waals surface area contributed by atoms with E-state index in [1.165, 1.54) is 34.5 Å². The van der Waals surface area contributed by atoms with Crippen molar-refractivity contribution in [2.24, 2.45) is 0 Å². The number of sulfonamides is 1. The van der Waals surface area contributed by atoms with E-state index < -0.39 is 33.1 Å². The second-order valence-corrected chi connectivity index (χ2v) is 7.91. The topological polar surface area (TPSA) is 66.9 Å². The molecule has 6 nitrogen and oxygen atoms in total. The normalized spacial score (nSPS) is 15.6. The number of halogens is 2. The van der Waals surface area contributed by atoms with Crippen LogP contribution < -0.4 is 4.74 Å². The van der Waals surface area contributed by atoms with Gasteiger partial charge in [0.1, 0.15) is 22.9 Å². The van der Waals surface area contributed by atoms with Gasteiger partial charge in [-0.3, -0.25) is 4.79 Å². The number of hydrogen-bond acceptors (Lipinski definition) is 4. The van der Waals surface area contributed by atoms with Crippen LogP contribution in [0.1, 0.15) is 10.4 Å². The van der Waals surface area contributed by atoms with E-state index in [1.54, 1.807) is 12.1 Å². The van der Waals surface area contributed by atoms with Gasteiger partial charge in [0.15, 0.2) is 0 Å². The molecule has 2 aromatic rings. The predicted molar refractivity (Wildman–Crippen MR) is 94.0 cm³/mol. The smallest absolute Gasteiger partial charge is 0.259 e. The minimum absolute atomic E-state index is 0.0379. The molecular formula is C18H18F2N2O4S. The predicted octanol–water partition coefficient (Wildman–Crippen LogP) is 2.12. The van der Waals surface area contributed by atoms with Crippen molar-refractivity contribution >= 4 is 15.9 Å². The quantitative estimate of drug-likeness (QED) is 0.794. The van der Waals surface area contributed by atoms with E-state index in [0.717, 1.165) is 12.1 Å². The van der Waals surface area contributed by atoms with Gasteiger partial charge in [-0.2, -0.15) is 4.31 Å². The second-order valence-electron chi connectivity index (χ2n) is 5.97. The number of carbonyl (C=O) groups excluding carboxylic acids is 1. The molecule has 2 aromatic carbocycles. The fourth-order valence-electron chi connectivity index (χ4n) is 2.89. The molecule has 0 unspecified atom stereocenters. The third kappa shape index (κ3) is 3.79. The van der Waals surface area contributed by atoms with Crippen molar-refractivity contribution in [2.45, 2.75) is 4.90 Å². The molecule has 1 heterocycles. The number of benzene rings is 2. The van der Waals surface area contributed by atoms with Crippen LogP contribution in [0.5, 0.6) is 5.75 Å². The minimum Gasteiger partial charge on any atom is -0.497 e. The fraction of sp³-hybridized carbons (Fsp3) is 0.278. The lowest BCUT2D eigenvalue weighted by molar-refractivity contribution is 0.0688. The molecule has 9 heteroatoms. The maximum atomic E-state index is 13.8. The van der Waals surface area contributed by atoms with Gasteiger partial charge in [0.2, 0.25) is 10.0 Å². The number of rotatable bonds is 4. The average molecular weight is 396 g/mol. The Kier molecular flexibility index (Phi) is 5.43. The van der Waals surface area contributed by atoms with Crippen molar-refractivity contribution in [3.05, 3.63) is 59.7 Å². The zero-order valence-corrected chi connectivity index (χ0v) is 15.4. The van der Waals surface area contributed by atoms with E-state index in [2.05, 4.69) is 0 Å². The summed E-state index contributed by atoms with van der Waals surface area (Å²) in [6.45, 7) is 0.163. The largest absolute Gasteiger partial charge is 0.497 e. The molecule has 0 aliphatic carbocycles. The Balaban J connectivity index is 1.72. The van der Waals surface area contributed by atoms with Gasteiger partial charge in [-0.15, -0.1) is 0 Å². The summed E-state index contributed by atoms with van der Waals surface area (Å²) in [7, 11) is -2.24. The van der Waals surface area contributed by atoms with Gasteiger partial charge >= 0.3 is 0 Å². The van der Waals surface area contributed by atoms with Crippen molar-refractivity contribution in [2.75, 3.05) is 33.3 Å². The molecule has 1 saturated heterocycles. The van der Waals surface area contributed by atoms with Gasteiger partial charge in [-0.25, -0.2) is 17.2 Å². The molecule has 1 aliphatic rings. The number of carbonyl (C=O) groups is 1.